The summed E-state index contributed by atoms with van der Waals surface area (Å²) in [5.41, 5.74) is 4.18. The van der Waals surface area contributed by atoms with Crippen molar-refractivity contribution >= 4 is 40.8 Å². The van der Waals surface area contributed by atoms with Gasteiger partial charge in [-0.3, -0.25) is 9.78 Å². The maximum atomic E-state index is 13.7. The molecule has 262 valence electrons. The molecular weight excluding hydrogens is 663 g/mol. The van der Waals surface area contributed by atoms with Crippen molar-refractivity contribution in [3.8, 4) is 0 Å². The van der Waals surface area contributed by atoms with Gasteiger partial charge in [0.2, 0.25) is 5.91 Å². The van der Waals surface area contributed by atoms with Crippen LogP contribution < -0.4 is 16.0 Å². The van der Waals surface area contributed by atoms with E-state index in [-0.39, 0.29) is 31.5 Å². The average molecular weight is 708 g/mol. The molecule has 49 heavy (non-hydrogen) atoms. The van der Waals surface area contributed by atoms with Crippen LogP contribution >= 0.6 is 22.7 Å². The van der Waals surface area contributed by atoms with Crippen molar-refractivity contribution in [2.45, 2.75) is 90.3 Å². The Kier molecular flexibility index (Phi) is 14.5. The minimum atomic E-state index is -1.07. The molecule has 11 nitrogen and oxygen atoms in total. The van der Waals surface area contributed by atoms with Crippen molar-refractivity contribution < 1.29 is 29.0 Å². The molecular formula is C36H45N5O6S2. The molecule has 4 N–H and O–H groups in total. The van der Waals surface area contributed by atoms with E-state index in [1.54, 1.807) is 11.7 Å². The molecule has 0 bridgehead atoms. The number of aliphatic hydroxyl groups is 1. The van der Waals surface area contributed by atoms with Crippen LogP contribution in [-0.4, -0.2) is 57.4 Å². The van der Waals surface area contributed by atoms with Crippen molar-refractivity contribution in [2.75, 3.05) is 0 Å². The summed E-state index contributed by atoms with van der Waals surface area (Å²) in [7, 11) is 0. The molecule has 4 aromatic rings. The molecule has 0 aliphatic rings. The average Bonchev–Trinajstić information content (AvgIpc) is 3.79. The predicted octanol–water partition coefficient (Wildman–Crippen LogP) is 5.99. The summed E-state index contributed by atoms with van der Waals surface area (Å²) in [6, 6.07) is 16.9. The highest BCUT2D eigenvalue weighted by molar-refractivity contribution is 7.09. The van der Waals surface area contributed by atoms with Gasteiger partial charge in [-0.15, -0.1) is 22.7 Å². The highest BCUT2D eigenvalue weighted by Crippen LogP contribution is 2.20. The lowest BCUT2D eigenvalue weighted by atomic mass is 9.93. The zero-order chi connectivity index (χ0) is 35.2. The molecule has 4 atom stereocenters. The summed E-state index contributed by atoms with van der Waals surface area (Å²) < 4.78 is 10.8. The van der Waals surface area contributed by atoms with E-state index in [9.17, 15) is 19.5 Å². The van der Waals surface area contributed by atoms with E-state index < -0.39 is 42.3 Å². The van der Waals surface area contributed by atoms with Crippen molar-refractivity contribution in [1.29, 1.82) is 0 Å². The molecule has 0 radical (unpaired) electrons. The van der Waals surface area contributed by atoms with Crippen molar-refractivity contribution in [1.82, 2.24) is 25.9 Å². The van der Waals surface area contributed by atoms with E-state index in [1.807, 2.05) is 93.7 Å². The predicted molar refractivity (Wildman–Crippen MR) is 190 cm³/mol. The number of benzene rings is 2. The number of carbonyl (C=O) groups excluding carboxylic acids is 3. The van der Waals surface area contributed by atoms with Gasteiger partial charge < -0.3 is 30.5 Å². The largest absolute Gasteiger partial charge is 0.444 e. The third-order valence-corrected chi connectivity index (χ3v) is 9.68. The summed E-state index contributed by atoms with van der Waals surface area (Å²) >= 11 is 2.90. The number of aromatic nitrogens is 2. The number of amides is 3. The topological polar surface area (TPSA) is 152 Å². The van der Waals surface area contributed by atoms with Gasteiger partial charge in [-0.1, -0.05) is 88.4 Å². The Hall–Kier alpha value is -4.33. The van der Waals surface area contributed by atoms with Gasteiger partial charge in [-0.2, -0.15) is 0 Å². The molecule has 2 aromatic carbocycles. The van der Waals surface area contributed by atoms with Gasteiger partial charge in [-0.25, -0.2) is 14.6 Å². The fraction of sp³-hybridized carbons (Fsp3) is 0.417. The first-order chi connectivity index (χ1) is 23.6. The Morgan fingerprint density at radius 1 is 0.816 bits per heavy atom. The minimum Gasteiger partial charge on any atom is -0.444 e. The van der Waals surface area contributed by atoms with Crippen LogP contribution in [0.25, 0.3) is 0 Å². The van der Waals surface area contributed by atoms with Crippen molar-refractivity contribution in [2.24, 2.45) is 5.92 Å². The lowest BCUT2D eigenvalue weighted by molar-refractivity contribution is -0.125. The smallest absolute Gasteiger partial charge is 0.408 e. The lowest BCUT2D eigenvalue weighted by Crippen LogP contribution is -2.56. The Balaban J connectivity index is 1.44. The SMILES string of the molecule is CC(C)c1nc(COC(=O)N[C@H](C(=O)N[C@@H](Cc2ccccc2)[C@@H](O)C[C@H](Cc2ccccc2)NC(=O)OCc2cncs2)C(C)C)cs1. The van der Waals surface area contributed by atoms with Gasteiger partial charge in [0.1, 0.15) is 19.3 Å². The summed E-state index contributed by atoms with van der Waals surface area (Å²) in [4.78, 5) is 48.7. The van der Waals surface area contributed by atoms with Gasteiger partial charge in [0, 0.05) is 23.5 Å². The fourth-order valence-electron chi connectivity index (χ4n) is 5.13. The molecule has 2 aromatic heterocycles. The van der Waals surface area contributed by atoms with Crippen molar-refractivity contribution in [3.05, 3.63) is 104 Å². The van der Waals surface area contributed by atoms with Crippen LogP contribution in [0.2, 0.25) is 0 Å². The number of hydrogen-bond acceptors (Lipinski definition) is 10. The zero-order valence-electron chi connectivity index (χ0n) is 28.2. The molecule has 3 amide bonds. The van der Waals surface area contributed by atoms with Gasteiger partial charge in [-0.05, 0) is 36.3 Å². The molecule has 13 heteroatoms. The number of hydrogen-bond donors (Lipinski definition) is 4. The summed E-state index contributed by atoms with van der Waals surface area (Å²) in [6.45, 7) is 7.80. The Morgan fingerprint density at radius 3 is 2.04 bits per heavy atom. The van der Waals surface area contributed by atoms with Gasteiger partial charge in [0.25, 0.3) is 0 Å². The summed E-state index contributed by atoms with van der Waals surface area (Å²) in [5, 5.41) is 23.1. The number of nitrogens with zero attached hydrogens (tertiary/aromatic N) is 2. The first-order valence-corrected chi connectivity index (χ1v) is 18.1. The molecule has 0 unspecified atom stereocenters. The molecule has 4 rings (SSSR count). The number of rotatable bonds is 17. The first kappa shape index (κ1) is 37.5. The van der Waals surface area contributed by atoms with Gasteiger partial charge >= 0.3 is 12.2 Å². The maximum Gasteiger partial charge on any atom is 0.408 e. The van der Waals surface area contributed by atoms with Crippen LogP contribution in [-0.2, 0) is 40.3 Å². The maximum absolute atomic E-state index is 13.7. The molecule has 0 aliphatic heterocycles. The molecule has 2 heterocycles. The van der Waals surface area contributed by atoms with E-state index in [0.717, 1.165) is 21.0 Å². The van der Waals surface area contributed by atoms with E-state index in [0.29, 0.717) is 18.5 Å². The van der Waals surface area contributed by atoms with Crippen LogP contribution in [0, 0.1) is 5.92 Å². The third-order valence-electron chi connectivity index (χ3n) is 7.73. The van der Waals surface area contributed by atoms with Gasteiger partial charge in [0.05, 0.1) is 33.2 Å². The van der Waals surface area contributed by atoms with E-state index in [2.05, 4.69) is 25.9 Å². The normalized spacial score (nSPS) is 13.7. The molecule has 0 aliphatic carbocycles. The number of ether oxygens (including phenoxy) is 2. The second kappa shape index (κ2) is 19.0. The lowest BCUT2D eigenvalue weighted by Gasteiger charge is -2.30. The van der Waals surface area contributed by atoms with E-state index in [1.165, 1.54) is 22.7 Å². The number of thiazole rings is 2. The minimum absolute atomic E-state index is 0.0146. The zero-order valence-corrected chi connectivity index (χ0v) is 29.8. The second-order valence-corrected chi connectivity index (χ2v) is 14.3. The molecule has 0 saturated carbocycles. The quantitative estimate of drug-likeness (QED) is 0.105. The Bertz CT molecular complexity index is 1580. The standard InChI is InChI=1S/C36H45N5O6S2/c1-23(2)32(41-36(45)46-19-28-21-48-34(38-28)24(3)4)33(43)40-30(16-26-13-9-6-10-14-26)31(42)17-27(15-25-11-7-5-8-12-25)39-35(44)47-20-29-18-37-22-49-29/h5-14,18,21-24,27,30-32,42H,15-17,19-20H2,1-4H3,(H,39,44)(H,40,43)(H,41,45)/t27-,30-,31-,32-/m0/s1. The van der Waals surface area contributed by atoms with Crippen LogP contribution in [0.3, 0.4) is 0 Å². The van der Waals surface area contributed by atoms with Crippen LogP contribution in [0.15, 0.2) is 77.8 Å². The monoisotopic (exact) mass is 707 g/mol. The molecule has 0 spiro atoms. The van der Waals surface area contributed by atoms with Gasteiger partial charge in [0.15, 0.2) is 0 Å². The number of nitrogens with one attached hydrogen (secondary N) is 3. The highest BCUT2D eigenvalue weighted by atomic mass is 32.1. The van der Waals surface area contributed by atoms with Crippen molar-refractivity contribution in [3.63, 3.8) is 0 Å². The number of aliphatic hydroxyl groups excluding tert-OH is 1. The highest BCUT2D eigenvalue weighted by Gasteiger charge is 2.31. The summed E-state index contributed by atoms with van der Waals surface area (Å²) in [5.74, 6) is -0.470. The second-order valence-electron chi connectivity index (χ2n) is 12.5. The van der Waals surface area contributed by atoms with Crippen LogP contribution in [0.5, 0.6) is 0 Å². The Labute approximate surface area is 295 Å². The third kappa shape index (κ3) is 12.6. The van der Waals surface area contributed by atoms with E-state index in [4.69, 9.17) is 9.47 Å². The number of carbonyl (C=O) groups is 3. The summed E-state index contributed by atoms with van der Waals surface area (Å²) in [6.07, 6.45) is 0.0819. The van der Waals surface area contributed by atoms with Crippen LogP contribution in [0.4, 0.5) is 9.59 Å². The molecule has 0 fully saturated rings. The fourth-order valence-corrected chi connectivity index (χ4v) is 6.45. The van der Waals surface area contributed by atoms with E-state index >= 15 is 0 Å². The molecule has 0 saturated heterocycles. The number of alkyl carbamates (subject to hydrolysis) is 2. The first-order valence-electron chi connectivity index (χ1n) is 16.3. The Morgan fingerprint density at radius 2 is 1.45 bits per heavy atom. The van der Waals surface area contributed by atoms with Crippen LogP contribution in [0.1, 0.15) is 66.7 Å².